The van der Waals surface area contributed by atoms with E-state index in [1.54, 1.807) is 0 Å². The van der Waals surface area contributed by atoms with Crippen molar-refractivity contribution in [2.75, 3.05) is 19.0 Å². The van der Waals surface area contributed by atoms with Crippen molar-refractivity contribution in [2.24, 2.45) is 5.92 Å². The lowest BCUT2D eigenvalue weighted by Crippen LogP contribution is -2.29. The second-order valence-electron chi connectivity index (χ2n) is 5.57. The SMILES string of the molecule is CCC(F)(F)CS(=O)(=O)Cc1nnnn1CC1CCOCC1. The molecule has 0 atom stereocenters. The third-order valence-electron chi connectivity index (χ3n) is 3.68. The second kappa shape index (κ2) is 6.95. The first-order valence-electron chi connectivity index (χ1n) is 7.22. The first-order chi connectivity index (χ1) is 10.3. The van der Waals surface area contributed by atoms with Gasteiger partial charge in [-0.15, -0.1) is 5.10 Å². The fourth-order valence-corrected chi connectivity index (χ4v) is 3.86. The van der Waals surface area contributed by atoms with Crippen LogP contribution in [0.5, 0.6) is 0 Å². The van der Waals surface area contributed by atoms with Crippen molar-refractivity contribution < 1.29 is 21.9 Å². The number of nitrogens with zero attached hydrogens (tertiary/aromatic N) is 4. The minimum Gasteiger partial charge on any atom is -0.381 e. The average Bonchev–Trinajstić information content (AvgIpc) is 2.85. The Morgan fingerprint density at radius 1 is 1.36 bits per heavy atom. The molecule has 0 aliphatic carbocycles. The Morgan fingerprint density at radius 3 is 2.68 bits per heavy atom. The number of rotatable bonds is 7. The Kier molecular flexibility index (Phi) is 5.43. The highest BCUT2D eigenvalue weighted by atomic mass is 32.2. The topological polar surface area (TPSA) is 87.0 Å². The standard InChI is InChI=1S/C12H20F2N4O3S/c1-2-12(13,14)9-22(19,20)8-11-15-16-17-18(11)7-10-3-5-21-6-4-10/h10H,2-9H2,1H3. The van der Waals surface area contributed by atoms with E-state index in [-0.39, 0.29) is 5.82 Å². The van der Waals surface area contributed by atoms with Crippen LogP contribution in [0.3, 0.4) is 0 Å². The van der Waals surface area contributed by atoms with Gasteiger partial charge in [-0.1, -0.05) is 6.92 Å². The van der Waals surface area contributed by atoms with Crippen molar-refractivity contribution in [3.8, 4) is 0 Å². The Morgan fingerprint density at radius 2 is 2.05 bits per heavy atom. The summed E-state index contributed by atoms with van der Waals surface area (Å²) in [6, 6.07) is 0. The highest BCUT2D eigenvalue weighted by molar-refractivity contribution is 7.90. The van der Waals surface area contributed by atoms with Crippen molar-refractivity contribution in [3.63, 3.8) is 0 Å². The van der Waals surface area contributed by atoms with Gasteiger partial charge in [-0.25, -0.2) is 21.9 Å². The summed E-state index contributed by atoms with van der Waals surface area (Å²) in [6.07, 6.45) is 1.18. The Balaban J connectivity index is 2.02. The maximum atomic E-state index is 13.3. The number of hydrogen-bond acceptors (Lipinski definition) is 6. The smallest absolute Gasteiger partial charge is 0.261 e. The van der Waals surface area contributed by atoms with Gasteiger partial charge in [-0.3, -0.25) is 0 Å². The molecule has 0 aromatic carbocycles. The van der Waals surface area contributed by atoms with Crippen molar-refractivity contribution in [3.05, 3.63) is 5.82 Å². The van der Waals surface area contributed by atoms with Gasteiger partial charge in [0.15, 0.2) is 15.7 Å². The molecule has 1 aromatic rings. The summed E-state index contributed by atoms with van der Waals surface area (Å²) in [6.45, 7) is 3.04. The van der Waals surface area contributed by atoms with Crippen LogP contribution in [0.4, 0.5) is 8.78 Å². The van der Waals surface area contributed by atoms with Crippen LogP contribution in [-0.2, 0) is 26.9 Å². The van der Waals surface area contributed by atoms with E-state index in [9.17, 15) is 17.2 Å². The normalized spacial score (nSPS) is 17.8. The molecule has 0 spiro atoms. The van der Waals surface area contributed by atoms with Crippen LogP contribution in [0.2, 0.25) is 0 Å². The van der Waals surface area contributed by atoms with E-state index in [0.29, 0.717) is 25.7 Å². The van der Waals surface area contributed by atoms with Crippen molar-refractivity contribution >= 4 is 9.84 Å². The first-order valence-corrected chi connectivity index (χ1v) is 9.04. The lowest BCUT2D eigenvalue weighted by molar-refractivity contribution is 0.0217. The molecule has 1 aliphatic rings. The first kappa shape index (κ1) is 17.2. The number of hydrogen-bond donors (Lipinski definition) is 0. The molecule has 22 heavy (non-hydrogen) atoms. The lowest BCUT2D eigenvalue weighted by atomic mass is 10.0. The number of ether oxygens (including phenoxy) is 1. The van der Waals surface area contributed by atoms with E-state index in [1.165, 1.54) is 11.6 Å². The molecule has 0 amide bonds. The van der Waals surface area contributed by atoms with Crippen LogP contribution < -0.4 is 0 Å². The van der Waals surface area contributed by atoms with Crippen LogP contribution in [-0.4, -0.2) is 53.5 Å². The van der Waals surface area contributed by atoms with Crippen LogP contribution in [0.25, 0.3) is 0 Å². The van der Waals surface area contributed by atoms with E-state index >= 15 is 0 Å². The molecule has 10 heteroatoms. The highest BCUT2D eigenvalue weighted by Crippen LogP contribution is 2.22. The van der Waals surface area contributed by atoms with E-state index in [1.807, 2.05) is 0 Å². The van der Waals surface area contributed by atoms with Crippen LogP contribution in [0.15, 0.2) is 0 Å². The lowest BCUT2D eigenvalue weighted by Gasteiger charge is -2.22. The third kappa shape index (κ3) is 4.94. The minimum atomic E-state index is -3.98. The summed E-state index contributed by atoms with van der Waals surface area (Å²) in [7, 11) is -3.98. The quantitative estimate of drug-likeness (QED) is 0.739. The zero-order valence-electron chi connectivity index (χ0n) is 12.4. The van der Waals surface area contributed by atoms with Gasteiger partial charge in [-0.2, -0.15) is 0 Å². The maximum Gasteiger partial charge on any atom is 0.261 e. The minimum absolute atomic E-state index is 0.110. The maximum absolute atomic E-state index is 13.3. The third-order valence-corrected chi connectivity index (χ3v) is 5.24. The molecular formula is C12H20F2N4O3S. The summed E-state index contributed by atoms with van der Waals surface area (Å²) in [5, 5.41) is 10.9. The van der Waals surface area contributed by atoms with Crippen molar-refractivity contribution in [2.45, 2.75) is 44.4 Å². The number of halogens is 2. The average molecular weight is 338 g/mol. The van der Waals surface area contributed by atoms with Crippen LogP contribution in [0, 0.1) is 5.92 Å². The molecule has 1 aromatic heterocycles. The summed E-state index contributed by atoms with van der Waals surface area (Å²) in [5.41, 5.74) is 0. The monoisotopic (exact) mass is 338 g/mol. The number of sulfone groups is 1. The zero-order valence-corrected chi connectivity index (χ0v) is 13.2. The van der Waals surface area contributed by atoms with E-state index in [4.69, 9.17) is 4.74 Å². The Bertz CT molecular complexity index is 585. The molecule has 0 unspecified atom stereocenters. The number of tetrazole rings is 1. The van der Waals surface area contributed by atoms with Gasteiger partial charge in [-0.05, 0) is 29.2 Å². The largest absolute Gasteiger partial charge is 0.381 e. The van der Waals surface area contributed by atoms with Crippen LogP contribution in [0.1, 0.15) is 32.0 Å². The summed E-state index contributed by atoms with van der Waals surface area (Å²) in [5.74, 6) is -4.56. The molecule has 126 valence electrons. The molecule has 2 rings (SSSR count). The molecule has 1 aliphatic heterocycles. The summed E-state index contributed by atoms with van der Waals surface area (Å²) >= 11 is 0. The van der Waals surface area contributed by atoms with Gasteiger partial charge in [0.25, 0.3) is 5.92 Å². The molecule has 0 radical (unpaired) electrons. The Hall–Kier alpha value is -1.16. The second-order valence-corrected chi connectivity index (χ2v) is 7.64. The van der Waals surface area contributed by atoms with E-state index < -0.39 is 33.7 Å². The van der Waals surface area contributed by atoms with Crippen LogP contribution >= 0.6 is 0 Å². The molecule has 1 fully saturated rings. The molecule has 0 saturated carbocycles. The van der Waals surface area contributed by atoms with Gasteiger partial charge in [0, 0.05) is 26.2 Å². The number of alkyl halides is 2. The number of aromatic nitrogens is 4. The molecule has 0 N–H and O–H groups in total. The van der Waals surface area contributed by atoms with Gasteiger partial charge < -0.3 is 4.74 Å². The fraction of sp³-hybridized carbons (Fsp3) is 0.917. The predicted molar refractivity (Wildman–Crippen MR) is 74.1 cm³/mol. The van der Waals surface area contributed by atoms with Crippen molar-refractivity contribution in [1.82, 2.24) is 20.2 Å². The highest BCUT2D eigenvalue weighted by Gasteiger charge is 2.34. The van der Waals surface area contributed by atoms with Gasteiger partial charge >= 0.3 is 0 Å². The van der Waals surface area contributed by atoms with Crippen molar-refractivity contribution in [1.29, 1.82) is 0 Å². The summed E-state index contributed by atoms with van der Waals surface area (Å²) in [4.78, 5) is 0. The molecular weight excluding hydrogens is 318 g/mol. The predicted octanol–water partition coefficient (Wildman–Crippen LogP) is 1.06. The van der Waals surface area contributed by atoms with Gasteiger partial charge in [0.1, 0.15) is 11.5 Å². The molecule has 2 heterocycles. The summed E-state index contributed by atoms with van der Waals surface area (Å²) < 4.78 is 57.1. The molecule has 0 bridgehead atoms. The molecule has 1 saturated heterocycles. The van der Waals surface area contributed by atoms with Gasteiger partial charge in [0.2, 0.25) is 0 Å². The zero-order chi connectivity index (χ0) is 16.2. The molecule has 7 nitrogen and oxygen atoms in total. The Labute approximate surface area is 127 Å². The fourth-order valence-electron chi connectivity index (χ4n) is 2.31. The van der Waals surface area contributed by atoms with E-state index in [0.717, 1.165) is 12.8 Å². The van der Waals surface area contributed by atoms with E-state index in [2.05, 4.69) is 15.5 Å². The van der Waals surface area contributed by atoms with Gasteiger partial charge in [0.05, 0.1) is 0 Å².